The number of aliphatic hydroxyl groups excluding tert-OH is 1. The molecule has 2 N–H and O–H groups in total. The summed E-state index contributed by atoms with van der Waals surface area (Å²) in [5.41, 5.74) is 2.39. The van der Waals surface area contributed by atoms with Gasteiger partial charge in [-0.3, -0.25) is 9.59 Å². The molecule has 28 heavy (non-hydrogen) atoms. The number of carboxylic acid groups (broad SMARTS) is 1. The first-order chi connectivity index (χ1) is 13.5. The van der Waals surface area contributed by atoms with Gasteiger partial charge in [-0.1, -0.05) is 56.2 Å². The third-order valence-electron chi connectivity index (χ3n) is 5.31. The molecule has 0 bridgehead atoms. The van der Waals surface area contributed by atoms with Gasteiger partial charge in [0.25, 0.3) is 0 Å². The van der Waals surface area contributed by atoms with Crippen LogP contribution in [-0.2, 0) is 22.4 Å². The number of aliphatic carboxylic acids is 1. The number of unbranched alkanes of at least 4 members (excludes halogenated alkanes) is 3. The van der Waals surface area contributed by atoms with Crippen molar-refractivity contribution in [2.75, 3.05) is 6.54 Å². The summed E-state index contributed by atoms with van der Waals surface area (Å²) in [6.45, 7) is 2.82. The molecule has 0 radical (unpaired) electrons. The van der Waals surface area contributed by atoms with E-state index >= 15 is 0 Å². The Hall–Kier alpha value is -2.14. The average Bonchev–Trinajstić information content (AvgIpc) is 3.02. The molecule has 1 aromatic carbocycles. The van der Waals surface area contributed by atoms with E-state index in [-0.39, 0.29) is 18.4 Å². The number of carbonyl (C=O) groups excluding carboxylic acids is 1. The molecule has 2 rings (SSSR count). The molecule has 5 heteroatoms. The third-order valence-corrected chi connectivity index (χ3v) is 5.31. The van der Waals surface area contributed by atoms with Crippen LogP contribution in [0.3, 0.4) is 0 Å². The molecule has 1 aliphatic rings. The number of likely N-dealkylation sites (tertiary alicyclic amines) is 1. The molecule has 5 nitrogen and oxygen atoms in total. The van der Waals surface area contributed by atoms with Gasteiger partial charge in [0.05, 0.1) is 12.1 Å². The molecule has 1 amide bonds. The number of aryl methyl sites for hydroxylation is 1. The van der Waals surface area contributed by atoms with Crippen LogP contribution >= 0.6 is 0 Å². The van der Waals surface area contributed by atoms with Gasteiger partial charge in [0.2, 0.25) is 5.91 Å². The maximum Gasteiger partial charge on any atom is 0.303 e. The molecule has 0 aromatic heterocycles. The average molecular weight is 388 g/mol. The lowest BCUT2D eigenvalue weighted by molar-refractivity contribution is -0.137. The van der Waals surface area contributed by atoms with Gasteiger partial charge < -0.3 is 15.1 Å². The molecule has 1 aromatic rings. The lowest BCUT2D eigenvalue weighted by Gasteiger charge is -2.22. The maximum absolute atomic E-state index is 12.2. The van der Waals surface area contributed by atoms with Crippen LogP contribution in [0.15, 0.2) is 36.4 Å². The Kier molecular flexibility index (Phi) is 9.21. The molecule has 2 atom stereocenters. The van der Waals surface area contributed by atoms with Crippen LogP contribution in [0.4, 0.5) is 0 Å². The first-order valence-corrected chi connectivity index (χ1v) is 10.4. The Labute approximate surface area is 168 Å². The number of carboxylic acids is 1. The number of carbonyl (C=O) groups is 2. The zero-order valence-electron chi connectivity index (χ0n) is 16.8. The number of amides is 1. The molecule has 0 spiro atoms. The summed E-state index contributed by atoms with van der Waals surface area (Å²) in [6, 6.07) is 8.34. The summed E-state index contributed by atoms with van der Waals surface area (Å²) in [5.74, 6) is -0.578. The zero-order valence-corrected chi connectivity index (χ0v) is 16.8. The highest BCUT2D eigenvalue weighted by Gasteiger charge is 2.28. The fourth-order valence-corrected chi connectivity index (χ4v) is 3.70. The minimum absolute atomic E-state index is 0.0585. The minimum Gasteiger partial charge on any atom is -0.481 e. The SMILES string of the molecule is CCc1cccc(C[C@H](O)C=C[C@H]2CCC(=O)N2CCCCCCC(=O)O)c1. The second kappa shape index (κ2) is 11.6. The van der Waals surface area contributed by atoms with E-state index in [2.05, 4.69) is 19.1 Å². The van der Waals surface area contributed by atoms with Crippen LogP contribution in [0.1, 0.15) is 63.0 Å². The Morgan fingerprint density at radius 3 is 2.75 bits per heavy atom. The Morgan fingerprint density at radius 1 is 1.25 bits per heavy atom. The van der Waals surface area contributed by atoms with Crippen LogP contribution in [0.2, 0.25) is 0 Å². The van der Waals surface area contributed by atoms with E-state index in [1.54, 1.807) is 0 Å². The first-order valence-electron chi connectivity index (χ1n) is 10.4. The Bertz CT molecular complexity index is 670. The zero-order chi connectivity index (χ0) is 20.4. The summed E-state index contributed by atoms with van der Waals surface area (Å²) < 4.78 is 0. The largest absolute Gasteiger partial charge is 0.481 e. The third kappa shape index (κ3) is 7.47. The van der Waals surface area contributed by atoms with Gasteiger partial charge in [0, 0.05) is 25.8 Å². The van der Waals surface area contributed by atoms with E-state index in [1.807, 2.05) is 29.2 Å². The predicted octanol–water partition coefficient (Wildman–Crippen LogP) is 3.73. The summed E-state index contributed by atoms with van der Waals surface area (Å²) >= 11 is 0. The van der Waals surface area contributed by atoms with Crippen molar-refractivity contribution in [1.29, 1.82) is 0 Å². The molecule has 1 saturated heterocycles. The van der Waals surface area contributed by atoms with Crippen molar-refractivity contribution >= 4 is 11.9 Å². The molecule has 1 heterocycles. The number of aliphatic hydroxyl groups is 1. The quantitative estimate of drug-likeness (QED) is 0.423. The van der Waals surface area contributed by atoms with Gasteiger partial charge in [0.1, 0.15) is 0 Å². The smallest absolute Gasteiger partial charge is 0.303 e. The second-order valence-electron chi connectivity index (χ2n) is 7.58. The van der Waals surface area contributed by atoms with Crippen LogP contribution in [0.25, 0.3) is 0 Å². The van der Waals surface area contributed by atoms with E-state index in [9.17, 15) is 14.7 Å². The summed E-state index contributed by atoms with van der Waals surface area (Å²) in [4.78, 5) is 24.6. The number of benzene rings is 1. The molecule has 0 saturated carbocycles. The van der Waals surface area contributed by atoms with Gasteiger partial charge in [-0.15, -0.1) is 0 Å². The normalized spacial score (nSPS) is 18.1. The van der Waals surface area contributed by atoms with Gasteiger partial charge in [0.15, 0.2) is 0 Å². The standard InChI is InChI=1S/C23H33NO4/c1-2-18-8-7-9-19(16-18)17-21(25)13-11-20-12-14-22(26)24(20)15-6-4-3-5-10-23(27)28/h7-9,11,13,16,20-21,25H,2-6,10,12,14-15,17H2,1H3,(H,27,28)/t20-,21+/m0/s1. The maximum atomic E-state index is 12.2. The number of hydrogen-bond donors (Lipinski definition) is 2. The van der Waals surface area contributed by atoms with Crippen molar-refractivity contribution in [1.82, 2.24) is 4.90 Å². The lowest BCUT2D eigenvalue weighted by atomic mass is 10.0. The molecule has 0 aliphatic carbocycles. The second-order valence-corrected chi connectivity index (χ2v) is 7.58. The van der Waals surface area contributed by atoms with Gasteiger partial charge in [-0.2, -0.15) is 0 Å². The predicted molar refractivity (Wildman–Crippen MR) is 110 cm³/mol. The van der Waals surface area contributed by atoms with E-state index in [1.165, 1.54) is 5.56 Å². The van der Waals surface area contributed by atoms with Gasteiger partial charge in [-0.05, 0) is 36.8 Å². The summed E-state index contributed by atoms with van der Waals surface area (Å²) in [5, 5.41) is 19.0. The fraction of sp³-hybridized carbons (Fsp3) is 0.565. The van der Waals surface area contributed by atoms with Gasteiger partial charge in [-0.25, -0.2) is 0 Å². The van der Waals surface area contributed by atoms with E-state index in [0.717, 1.165) is 37.7 Å². The highest BCUT2D eigenvalue weighted by Crippen LogP contribution is 2.21. The van der Waals surface area contributed by atoms with Crippen molar-refractivity contribution in [2.24, 2.45) is 0 Å². The Morgan fingerprint density at radius 2 is 2.00 bits per heavy atom. The number of rotatable bonds is 12. The van der Waals surface area contributed by atoms with E-state index in [4.69, 9.17) is 5.11 Å². The summed E-state index contributed by atoms with van der Waals surface area (Å²) in [7, 11) is 0. The van der Waals surface area contributed by atoms with Crippen molar-refractivity contribution in [2.45, 2.75) is 76.9 Å². The number of hydrogen-bond acceptors (Lipinski definition) is 3. The monoisotopic (exact) mass is 387 g/mol. The molecule has 1 aliphatic heterocycles. The molecular formula is C23H33NO4. The fourth-order valence-electron chi connectivity index (χ4n) is 3.70. The van der Waals surface area contributed by atoms with Crippen LogP contribution in [0.5, 0.6) is 0 Å². The lowest BCUT2D eigenvalue weighted by Crippen LogP contribution is -2.32. The van der Waals surface area contributed by atoms with Crippen molar-refractivity contribution in [3.63, 3.8) is 0 Å². The van der Waals surface area contributed by atoms with Crippen LogP contribution < -0.4 is 0 Å². The van der Waals surface area contributed by atoms with Gasteiger partial charge >= 0.3 is 5.97 Å². The highest BCUT2D eigenvalue weighted by molar-refractivity contribution is 5.79. The van der Waals surface area contributed by atoms with Crippen LogP contribution in [0, 0.1) is 0 Å². The topological polar surface area (TPSA) is 77.8 Å². The van der Waals surface area contributed by atoms with Crippen molar-refractivity contribution in [3.05, 3.63) is 47.5 Å². The molecule has 0 unspecified atom stereocenters. The van der Waals surface area contributed by atoms with E-state index in [0.29, 0.717) is 25.8 Å². The molecule has 154 valence electrons. The van der Waals surface area contributed by atoms with E-state index < -0.39 is 12.1 Å². The van der Waals surface area contributed by atoms with Crippen LogP contribution in [-0.4, -0.2) is 45.7 Å². The highest BCUT2D eigenvalue weighted by atomic mass is 16.4. The molecular weight excluding hydrogens is 354 g/mol. The Balaban J connectivity index is 1.78. The first kappa shape index (κ1) is 22.2. The molecule has 1 fully saturated rings. The van der Waals surface area contributed by atoms with Crippen molar-refractivity contribution in [3.8, 4) is 0 Å². The summed E-state index contributed by atoms with van der Waals surface area (Å²) in [6.07, 6.45) is 9.77. The van der Waals surface area contributed by atoms with Crippen molar-refractivity contribution < 1.29 is 19.8 Å². The minimum atomic E-state index is -0.750. The number of nitrogens with zero attached hydrogens (tertiary/aromatic N) is 1.